The van der Waals surface area contributed by atoms with Gasteiger partial charge in [0.05, 0.1) is 6.54 Å². The van der Waals surface area contributed by atoms with Crippen molar-refractivity contribution < 1.29 is 22.2 Å². The van der Waals surface area contributed by atoms with Gasteiger partial charge in [-0.1, -0.05) is 88.1 Å². The number of nitrogens with two attached hydrogens (primary N) is 1. The number of hydrogen-bond donors (Lipinski definition) is 1. The Kier molecular flexibility index (Phi) is 10.1. The van der Waals surface area contributed by atoms with E-state index in [4.69, 9.17) is 9.51 Å². The van der Waals surface area contributed by atoms with E-state index in [0.29, 0.717) is 6.04 Å². The first kappa shape index (κ1) is 24.8. The number of halogens is 1. The van der Waals surface area contributed by atoms with Crippen molar-refractivity contribution in [2.24, 2.45) is 0 Å². The van der Waals surface area contributed by atoms with Crippen LogP contribution in [0.3, 0.4) is 0 Å². The minimum absolute atomic E-state index is 0. The second-order valence-electron chi connectivity index (χ2n) is 9.16. The summed E-state index contributed by atoms with van der Waals surface area (Å²) in [5, 5.41) is 7.86. The second kappa shape index (κ2) is 13.0. The highest BCUT2D eigenvalue weighted by atomic mass is 35.5. The predicted octanol–water partition coefficient (Wildman–Crippen LogP) is 3.01. The normalized spacial score (nSPS) is 16.0. The molecular formula is C26H39ClN4O. The van der Waals surface area contributed by atoms with Gasteiger partial charge < -0.3 is 26.8 Å². The first-order valence-corrected chi connectivity index (χ1v) is 12.6. The number of para-hydroxylation sites is 1. The number of aryl methyl sites for hydroxylation is 1. The zero-order valence-electron chi connectivity index (χ0n) is 19.6. The molecule has 2 N–H and O–H groups in total. The van der Waals surface area contributed by atoms with Crippen LogP contribution < -0.4 is 17.7 Å². The van der Waals surface area contributed by atoms with Crippen LogP contribution in [0.25, 0.3) is 22.3 Å². The van der Waals surface area contributed by atoms with Gasteiger partial charge in [-0.2, -0.15) is 4.98 Å². The fourth-order valence-corrected chi connectivity index (χ4v) is 4.87. The van der Waals surface area contributed by atoms with Crippen LogP contribution in [-0.2, 0) is 6.54 Å². The maximum atomic E-state index is 5.63. The van der Waals surface area contributed by atoms with Crippen molar-refractivity contribution in [3.05, 3.63) is 36.4 Å². The first-order chi connectivity index (χ1) is 15.4. The SMILES string of the molecule is CCCCCCCCCCCCn1cc(-c2noc([C@@H]3CCC[NH2+]3)n2)c2ccccc21.[Cl-]. The van der Waals surface area contributed by atoms with Crippen LogP contribution in [0.1, 0.15) is 95.9 Å². The molecule has 1 aliphatic heterocycles. The zero-order valence-corrected chi connectivity index (χ0v) is 20.3. The summed E-state index contributed by atoms with van der Waals surface area (Å²) in [4.78, 5) is 4.76. The Morgan fingerprint density at radius 3 is 2.44 bits per heavy atom. The molecule has 3 heterocycles. The molecule has 0 aliphatic carbocycles. The number of nitrogens with zero attached hydrogens (tertiary/aromatic N) is 3. The molecule has 0 amide bonds. The third kappa shape index (κ3) is 6.35. The molecule has 0 saturated carbocycles. The molecule has 1 aliphatic rings. The van der Waals surface area contributed by atoms with Crippen molar-refractivity contribution >= 4 is 10.9 Å². The Labute approximate surface area is 198 Å². The smallest absolute Gasteiger partial charge is 0.285 e. The van der Waals surface area contributed by atoms with Crippen molar-refractivity contribution in [2.75, 3.05) is 6.54 Å². The molecule has 3 aromatic rings. The molecule has 32 heavy (non-hydrogen) atoms. The Morgan fingerprint density at radius 1 is 1.00 bits per heavy atom. The van der Waals surface area contributed by atoms with Gasteiger partial charge in [-0.15, -0.1) is 0 Å². The Hall–Kier alpha value is -1.85. The van der Waals surface area contributed by atoms with Gasteiger partial charge in [-0.3, -0.25) is 0 Å². The van der Waals surface area contributed by atoms with E-state index in [1.807, 2.05) is 0 Å². The molecule has 0 spiro atoms. The van der Waals surface area contributed by atoms with E-state index < -0.39 is 0 Å². The molecule has 4 rings (SSSR count). The van der Waals surface area contributed by atoms with Gasteiger partial charge in [0.1, 0.15) is 0 Å². The lowest BCUT2D eigenvalue weighted by Gasteiger charge is -2.05. The maximum absolute atomic E-state index is 5.63. The minimum atomic E-state index is 0. The van der Waals surface area contributed by atoms with Crippen LogP contribution in [0, 0.1) is 0 Å². The predicted molar refractivity (Wildman–Crippen MR) is 126 cm³/mol. The third-order valence-electron chi connectivity index (χ3n) is 6.71. The van der Waals surface area contributed by atoms with Crippen LogP contribution in [0.4, 0.5) is 0 Å². The molecule has 1 saturated heterocycles. The summed E-state index contributed by atoms with van der Waals surface area (Å²) >= 11 is 0. The fourth-order valence-electron chi connectivity index (χ4n) is 4.87. The van der Waals surface area contributed by atoms with Crippen LogP contribution in [0.15, 0.2) is 35.0 Å². The second-order valence-corrected chi connectivity index (χ2v) is 9.16. The van der Waals surface area contributed by atoms with E-state index in [1.165, 1.54) is 81.5 Å². The van der Waals surface area contributed by atoms with Crippen LogP contribution in [0.2, 0.25) is 0 Å². The highest BCUT2D eigenvalue weighted by Gasteiger charge is 2.27. The van der Waals surface area contributed by atoms with Crippen molar-refractivity contribution in [2.45, 2.75) is 96.6 Å². The van der Waals surface area contributed by atoms with Crippen LogP contribution in [0.5, 0.6) is 0 Å². The van der Waals surface area contributed by atoms with Gasteiger partial charge in [-0.05, 0) is 12.5 Å². The summed E-state index contributed by atoms with van der Waals surface area (Å²) in [5.41, 5.74) is 2.36. The number of aromatic nitrogens is 3. The third-order valence-corrected chi connectivity index (χ3v) is 6.71. The summed E-state index contributed by atoms with van der Waals surface area (Å²) in [6.07, 6.45) is 18.2. The van der Waals surface area contributed by atoms with E-state index in [0.717, 1.165) is 36.8 Å². The molecule has 1 aromatic carbocycles. The largest absolute Gasteiger partial charge is 1.00 e. The number of quaternary nitrogens is 1. The lowest BCUT2D eigenvalue weighted by Crippen LogP contribution is -3.00. The van der Waals surface area contributed by atoms with E-state index >= 15 is 0 Å². The minimum Gasteiger partial charge on any atom is -1.00 e. The zero-order chi connectivity index (χ0) is 21.3. The topological polar surface area (TPSA) is 60.5 Å². The summed E-state index contributed by atoms with van der Waals surface area (Å²) in [6.45, 7) is 4.49. The van der Waals surface area contributed by atoms with E-state index in [2.05, 4.69) is 52.4 Å². The maximum Gasteiger partial charge on any atom is 0.285 e. The average Bonchev–Trinajstić information content (AvgIpc) is 3.55. The molecule has 2 aromatic heterocycles. The molecule has 176 valence electrons. The molecule has 5 nitrogen and oxygen atoms in total. The van der Waals surface area contributed by atoms with E-state index in [-0.39, 0.29) is 12.4 Å². The average molecular weight is 459 g/mol. The van der Waals surface area contributed by atoms with E-state index in [1.54, 1.807) is 0 Å². The van der Waals surface area contributed by atoms with Gasteiger partial charge in [0.2, 0.25) is 5.82 Å². The van der Waals surface area contributed by atoms with Gasteiger partial charge in [0.25, 0.3) is 5.89 Å². The number of rotatable bonds is 13. The number of unbranched alkanes of at least 4 members (excludes halogenated alkanes) is 9. The summed E-state index contributed by atoms with van der Waals surface area (Å²) in [5.74, 6) is 1.51. The highest BCUT2D eigenvalue weighted by molar-refractivity contribution is 5.94. The van der Waals surface area contributed by atoms with Crippen molar-refractivity contribution in [1.29, 1.82) is 0 Å². The highest BCUT2D eigenvalue weighted by Crippen LogP contribution is 2.30. The monoisotopic (exact) mass is 458 g/mol. The van der Waals surface area contributed by atoms with Gasteiger partial charge in [-0.25, -0.2) is 0 Å². The number of benzene rings is 1. The molecule has 1 fully saturated rings. The molecule has 0 radical (unpaired) electrons. The molecular weight excluding hydrogens is 420 g/mol. The number of hydrogen-bond acceptors (Lipinski definition) is 3. The summed E-state index contributed by atoms with van der Waals surface area (Å²) in [7, 11) is 0. The standard InChI is InChI=1S/C26H38N4O.ClH/c1-2-3-4-5-6-7-8-9-10-13-19-30-20-22(21-15-11-12-17-24(21)30)25-28-26(31-29-25)23-16-14-18-27-23;/h11-12,15,17,20,23,27H,2-10,13-14,16,18-19H2,1H3;1H/t23-;/m0./s1. The summed E-state index contributed by atoms with van der Waals surface area (Å²) in [6, 6.07) is 8.94. The Morgan fingerprint density at radius 2 is 1.72 bits per heavy atom. The fraction of sp³-hybridized carbons (Fsp3) is 0.615. The lowest BCUT2D eigenvalue weighted by molar-refractivity contribution is -0.678. The van der Waals surface area contributed by atoms with E-state index in [9.17, 15) is 0 Å². The molecule has 0 bridgehead atoms. The Bertz CT molecular complexity index is 929. The Balaban J connectivity index is 0.00000289. The quantitative estimate of drug-likeness (QED) is 0.400. The molecule has 6 heteroatoms. The van der Waals surface area contributed by atoms with Gasteiger partial charge in [0.15, 0.2) is 6.04 Å². The molecule has 0 unspecified atom stereocenters. The van der Waals surface area contributed by atoms with Gasteiger partial charge >= 0.3 is 0 Å². The first-order valence-electron chi connectivity index (χ1n) is 12.6. The lowest BCUT2D eigenvalue weighted by atomic mass is 10.1. The van der Waals surface area contributed by atoms with Crippen LogP contribution in [-0.4, -0.2) is 21.3 Å². The van der Waals surface area contributed by atoms with Gasteiger partial charge in [0, 0.05) is 42.0 Å². The van der Waals surface area contributed by atoms with Crippen molar-refractivity contribution in [3.8, 4) is 11.4 Å². The van der Waals surface area contributed by atoms with Crippen molar-refractivity contribution in [3.63, 3.8) is 0 Å². The van der Waals surface area contributed by atoms with Crippen LogP contribution >= 0.6 is 0 Å². The molecule has 1 atom stereocenters. The number of fused-ring (bicyclic) bond motifs is 1. The van der Waals surface area contributed by atoms with Crippen molar-refractivity contribution in [1.82, 2.24) is 14.7 Å². The summed E-state index contributed by atoms with van der Waals surface area (Å²) < 4.78 is 8.01.